The molecule has 1 aromatic heterocycles. The Morgan fingerprint density at radius 2 is 2.00 bits per heavy atom. The fourth-order valence-electron chi connectivity index (χ4n) is 1.45. The molecule has 1 amide bonds. The summed E-state index contributed by atoms with van der Waals surface area (Å²) in [6.07, 6.45) is 3.05. The van der Waals surface area contributed by atoms with E-state index in [1.807, 2.05) is 0 Å². The second-order valence-corrected chi connectivity index (χ2v) is 4.78. The van der Waals surface area contributed by atoms with Crippen LogP contribution in [0.2, 0.25) is 0 Å². The highest BCUT2D eigenvalue weighted by molar-refractivity contribution is 8.00. The van der Waals surface area contributed by atoms with Crippen molar-refractivity contribution in [2.75, 3.05) is 23.9 Å². The molecule has 1 aromatic carbocycles. The quantitative estimate of drug-likeness (QED) is 0.816. The zero-order valence-electron chi connectivity index (χ0n) is 10.9. The van der Waals surface area contributed by atoms with Gasteiger partial charge in [0.1, 0.15) is 10.8 Å². The first-order valence-electron chi connectivity index (χ1n) is 5.82. The molecule has 2 rings (SSSR count). The highest BCUT2D eigenvalue weighted by Gasteiger charge is 2.07. The van der Waals surface area contributed by atoms with Gasteiger partial charge in [0.15, 0.2) is 5.82 Å². The third kappa shape index (κ3) is 3.86. The first kappa shape index (κ1) is 14.1. The van der Waals surface area contributed by atoms with Crippen LogP contribution in [-0.2, 0) is 4.79 Å². The van der Waals surface area contributed by atoms with Gasteiger partial charge >= 0.3 is 0 Å². The fraction of sp³-hybridized carbons (Fsp3) is 0.154. The van der Waals surface area contributed by atoms with Crippen LogP contribution in [0, 0.1) is 0 Å². The molecule has 0 fully saturated rings. The molecule has 20 heavy (non-hydrogen) atoms. The molecular formula is C13H14N4O2S. The predicted octanol–water partition coefficient (Wildman–Crippen LogP) is 1.80. The molecule has 6 nitrogen and oxygen atoms in total. The van der Waals surface area contributed by atoms with E-state index in [0.29, 0.717) is 16.5 Å². The van der Waals surface area contributed by atoms with Crippen LogP contribution in [0.4, 0.5) is 11.5 Å². The van der Waals surface area contributed by atoms with Crippen molar-refractivity contribution < 1.29 is 9.53 Å². The number of aromatic nitrogens is 2. The van der Waals surface area contributed by atoms with Gasteiger partial charge in [-0.1, -0.05) is 11.8 Å². The van der Waals surface area contributed by atoms with Crippen LogP contribution in [0.5, 0.6) is 5.75 Å². The number of hydrogen-bond acceptors (Lipinski definition) is 6. The molecule has 0 atom stereocenters. The number of benzene rings is 1. The summed E-state index contributed by atoms with van der Waals surface area (Å²) in [6.45, 7) is 0. The number of thioether (sulfide) groups is 1. The number of carbonyl (C=O) groups excluding carboxylic acids is 1. The van der Waals surface area contributed by atoms with Crippen LogP contribution in [-0.4, -0.2) is 28.7 Å². The average molecular weight is 290 g/mol. The summed E-state index contributed by atoms with van der Waals surface area (Å²) in [5.41, 5.74) is 6.36. The normalized spacial score (nSPS) is 10.1. The zero-order chi connectivity index (χ0) is 14.4. The Morgan fingerprint density at radius 3 is 2.65 bits per heavy atom. The first-order valence-corrected chi connectivity index (χ1v) is 6.81. The molecular weight excluding hydrogens is 276 g/mol. The first-order chi connectivity index (χ1) is 9.69. The van der Waals surface area contributed by atoms with Crippen molar-refractivity contribution in [2.45, 2.75) is 5.03 Å². The lowest BCUT2D eigenvalue weighted by Gasteiger charge is -2.06. The molecule has 0 aliphatic heterocycles. The molecule has 104 valence electrons. The van der Waals surface area contributed by atoms with Gasteiger partial charge in [-0.2, -0.15) is 0 Å². The lowest BCUT2D eigenvalue weighted by atomic mass is 10.3. The molecule has 7 heteroatoms. The van der Waals surface area contributed by atoms with Gasteiger partial charge in [-0.15, -0.1) is 0 Å². The number of anilines is 2. The highest BCUT2D eigenvalue weighted by atomic mass is 32.2. The van der Waals surface area contributed by atoms with E-state index in [4.69, 9.17) is 10.5 Å². The number of rotatable bonds is 5. The van der Waals surface area contributed by atoms with Gasteiger partial charge in [0.25, 0.3) is 0 Å². The Labute approximate surface area is 120 Å². The number of nitrogens with one attached hydrogen (secondary N) is 1. The van der Waals surface area contributed by atoms with Crippen molar-refractivity contribution in [3.05, 3.63) is 36.7 Å². The largest absolute Gasteiger partial charge is 0.497 e. The summed E-state index contributed by atoms with van der Waals surface area (Å²) >= 11 is 1.25. The minimum Gasteiger partial charge on any atom is -0.497 e. The molecule has 3 N–H and O–H groups in total. The van der Waals surface area contributed by atoms with Crippen molar-refractivity contribution in [3.63, 3.8) is 0 Å². The third-order valence-electron chi connectivity index (χ3n) is 2.40. The summed E-state index contributed by atoms with van der Waals surface area (Å²) in [6, 6.07) is 7.11. The summed E-state index contributed by atoms with van der Waals surface area (Å²) in [5, 5.41) is 3.33. The van der Waals surface area contributed by atoms with E-state index in [-0.39, 0.29) is 11.7 Å². The van der Waals surface area contributed by atoms with Crippen LogP contribution in [0.25, 0.3) is 0 Å². The van der Waals surface area contributed by atoms with E-state index < -0.39 is 0 Å². The van der Waals surface area contributed by atoms with E-state index in [2.05, 4.69) is 15.3 Å². The SMILES string of the molecule is COc1ccc(NC(=O)CSc2nccnc2N)cc1. The van der Waals surface area contributed by atoms with Crippen molar-refractivity contribution in [1.29, 1.82) is 0 Å². The molecule has 0 unspecified atom stereocenters. The molecule has 0 aliphatic carbocycles. The number of hydrogen-bond donors (Lipinski definition) is 2. The second kappa shape index (κ2) is 6.76. The minimum absolute atomic E-state index is 0.134. The Hall–Kier alpha value is -2.28. The molecule has 0 spiro atoms. The highest BCUT2D eigenvalue weighted by Crippen LogP contribution is 2.20. The van der Waals surface area contributed by atoms with Gasteiger partial charge in [-0.25, -0.2) is 9.97 Å². The number of nitrogens with two attached hydrogens (primary N) is 1. The van der Waals surface area contributed by atoms with Crippen LogP contribution in [0.1, 0.15) is 0 Å². The van der Waals surface area contributed by atoms with Crippen LogP contribution >= 0.6 is 11.8 Å². The van der Waals surface area contributed by atoms with Gasteiger partial charge in [-0.05, 0) is 24.3 Å². The molecule has 0 aliphatic rings. The van der Waals surface area contributed by atoms with Crippen molar-refractivity contribution in [1.82, 2.24) is 9.97 Å². The number of carbonyl (C=O) groups is 1. The van der Waals surface area contributed by atoms with Gasteiger partial charge < -0.3 is 15.8 Å². The Balaban J connectivity index is 1.87. The maximum absolute atomic E-state index is 11.8. The zero-order valence-corrected chi connectivity index (χ0v) is 11.7. The fourth-order valence-corrected chi connectivity index (χ4v) is 2.13. The van der Waals surface area contributed by atoms with E-state index in [1.54, 1.807) is 37.6 Å². The minimum atomic E-state index is -0.134. The molecule has 1 heterocycles. The number of nitrogens with zero attached hydrogens (tertiary/aromatic N) is 2. The smallest absolute Gasteiger partial charge is 0.234 e. The van der Waals surface area contributed by atoms with Gasteiger partial charge in [0.05, 0.1) is 12.9 Å². The van der Waals surface area contributed by atoms with E-state index in [1.165, 1.54) is 18.0 Å². The lowest BCUT2D eigenvalue weighted by molar-refractivity contribution is -0.113. The standard InChI is InChI=1S/C13H14N4O2S/c1-19-10-4-2-9(3-5-10)17-11(18)8-20-13-12(14)15-6-7-16-13/h2-7H,8H2,1H3,(H2,14,15)(H,17,18). The predicted molar refractivity (Wildman–Crippen MR) is 78.8 cm³/mol. The summed E-state index contributed by atoms with van der Waals surface area (Å²) in [4.78, 5) is 19.8. The third-order valence-corrected chi connectivity index (χ3v) is 3.40. The molecule has 0 radical (unpaired) electrons. The van der Waals surface area contributed by atoms with Crippen LogP contribution in [0.15, 0.2) is 41.7 Å². The Morgan fingerprint density at radius 1 is 1.30 bits per heavy atom. The van der Waals surface area contributed by atoms with Crippen molar-refractivity contribution in [3.8, 4) is 5.75 Å². The van der Waals surface area contributed by atoms with Gasteiger partial charge in [0, 0.05) is 18.1 Å². The summed E-state index contributed by atoms with van der Waals surface area (Å²) in [7, 11) is 1.59. The number of methoxy groups -OCH3 is 1. The molecule has 2 aromatic rings. The summed E-state index contributed by atoms with van der Waals surface area (Å²) < 4.78 is 5.05. The number of nitrogen functional groups attached to an aromatic ring is 1. The van der Waals surface area contributed by atoms with E-state index in [0.717, 1.165) is 5.75 Å². The van der Waals surface area contributed by atoms with Crippen molar-refractivity contribution >= 4 is 29.2 Å². The van der Waals surface area contributed by atoms with Gasteiger partial charge in [0.2, 0.25) is 5.91 Å². The van der Waals surface area contributed by atoms with E-state index >= 15 is 0 Å². The topological polar surface area (TPSA) is 90.1 Å². The van der Waals surface area contributed by atoms with Crippen molar-refractivity contribution in [2.24, 2.45) is 0 Å². The Bertz CT molecular complexity index is 589. The van der Waals surface area contributed by atoms with Crippen LogP contribution in [0.3, 0.4) is 0 Å². The molecule has 0 bridgehead atoms. The van der Waals surface area contributed by atoms with Gasteiger partial charge in [-0.3, -0.25) is 4.79 Å². The second-order valence-electron chi connectivity index (χ2n) is 3.81. The average Bonchev–Trinajstić information content (AvgIpc) is 2.47. The maximum atomic E-state index is 11.8. The Kier molecular flexibility index (Phi) is 4.78. The van der Waals surface area contributed by atoms with Crippen LogP contribution < -0.4 is 15.8 Å². The van der Waals surface area contributed by atoms with E-state index in [9.17, 15) is 4.79 Å². The maximum Gasteiger partial charge on any atom is 0.234 e. The molecule has 0 saturated carbocycles. The number of ether oxygens (including phenoxy) is 1. The lowest BCUT2D eigenvalue weighted by Crippen LogP contribution is -2.14. The summed E-state index contributed by atoms with van der Waals surface area (Å²) in [5.74, 6) is 1.15. The molecule has 0 saturated heterocycles. The number of amides is 1. The monoisotopic (exact) mass is 290 g/mol.